The van der Waals surface area contributed by atoms with Crippen LogP contribution in [-0.4, -0.2) is 22.2 Å². The first-order valence-corrected chi connectivity index (χ1v) is 8.61. The van der Waals surface area contributed by atoms with E-state index in [4.69, 9.17) is 0 Å². The topological polar surface area (TPSA) is 86.6 Å². The van der Waals surface area contributed by atoms with Crippen molar-refractivity contribution in [3.05, 3.63) is 76.4 Å². The molecule has 3 atom stereocenters. The van der Waals surface area contributed by atoms with E-state index < -0.39 is 11.9 Å². The van der Waals surface area contributed by atoms with Gasteiger partial charge in [-0.2, -0.15) is 0 Å². The maximum absolute atomic E-state index is 11.7. The third-order valence-corrected chi connectivity index (χ3v) is 5.48. The number of carboxylic acid groups (broad SMARTS) is 2. The van der Waals surface area contributed by atoms with E-state index in [1.807, 2.05) is 19.1 Å². The van der Waals surface area contributed by atoms with Crippen LogP contribution in [0.2, 0.25) is 0 Å². The smallest absolute Gasteiger partial charge is 0.336 e. The van der Waals surface area contributed by atoms with Crippen LogP contribution in [0.15, 0.2) is 48.6 Å². The summed E-state index contributed by atoms with van der Waals surface area (Å²) in [6.45, 7) is 1.94. The standard InChI is InChI=1S/C21H19NO4/c1-11-9-10-16(21(25)26)17-12-7-4-8-13(12)19(22-18(11)17)14-5-2-3-6-15(14)20(23)24/h2-7,9-10,12-13,19,22H,8H2,1H3,(H,23,24)(H,25,26)/t12-,13-,19-/m0/s1. The minimum atomic E-state index is -0.952. The lowest BCUT2D eigenvalue weighted by Crippen LogP contribution is -2.32. The monoisotopic (exact) mass is 349 g/mol. The summed E-state index contributed by atoms with van der Waals surface area (Å²) in [6, 6.07) is 10.3. The summed E-state index contributed by atoms with van der Waals surface area (Å²) in [5.74, 6) is -1.84. The molecule has 132 valence electrons. The average molecular weight is 349 g/mol. The molecule has 1 aliphatic carbocycles. The number of fused-ring (bicyclic) bond motifs is 3. The number of carboxylic acids is 2. The maximum atomic E-state index is 11.7. The van der Waals surface area contributed by atoms with Crippen LogP contribution >= 0.6 is 0 Å². The molecule has 5 nitrogen and oxygen atoms in total. The van der Waals surface area contributed by atoms with E-state index in [9.17, 15) is 19.8 Å². The fourth-order valence-corrected chi connectivity index (χ4v) is 4.31. The number of hydrogen-bond acceptors (Lipinski definition) is 3. The quantitative estimate of drug-likeness (QED) is 0.722. The summed E-state index contributed by atoms with van der Waals surface area (Å²) >= 11 is 0. The van der Waals surface area contributed by atoms with Crippen molar-refractivity contribution in [3.63, 3.8) is 0 Å². The molecular weight excluding hydrogens is 330 g/mol. The van der Waals surface area contributed by atoms with Gasteiger partial charge in [-0.1, -0.05) is 36.4 Å². The highest BCUT2D eigenvalue weighted by Crippen LogP contribution is 2.52. The normalized spacial score (nSPS) is 23.0. The van der Waals surface area contributed by atoms with Crippen molar-refractivity contribution in [2.45, 2.75) is 25.3 Å². The van der Waals surface area contributed by atoms with Gasteiger partial charge in [-0.15, -0.1) is 0 Å². The summed E-state index contributed by atoms with van der Waals surface area (Å²) in [6.07, 6.45) is 4.91. The van der Waals surface area contributed by atoms with Gasteiger partial charge in [-0.05, 0) is 48.1 Å². The maximum Gasteiger partial charge on any atom is 0.336 e. The van der Waals surface area contributed by atoms with E-state index in [0.717, 1.165) is 28.8 Å². The van der Waals surface area contributed by atoms with Gasteiger partial charge in [0.2, 0.25) is 0 Å². The van der Waals surface area contributed by atoms with E-state index in [-0.39, 0.29) is 23.4 Å². The Kier molecular flexibility index (Phi) is 3.80. The number of carbonyl (C=O) groups is 2. The molecule has 2 aromatic carbocycles. The molecule has 1 aliphatic heterocycles. The minimum Gasteiger partial charge on any atom is -0.478 e. The van der Waals surface area contributed by atoms with Gasteiger partial charge in [0.25, 0.3) is 0 Å². The number of aromatic carboxylic acids is 2. The Morgan fingerprint density at radius 2 is 1.77 bits per heavy atom. The number of nitrogens with one attached hydrogen (secondary N) is 1. The largest absolute Gasteiger partial charge is 0.478 e. The molecule has 0 saturated carbocycles. The fourth-order valence-electron chi connectivity index (χ4n) is 4.31. The molecule has 0 fully saturated rings. The van der Waals surface area contributed by atoms with E-state index in [2.05, 4.69) is 17.5 Å². The molecule has 2 aromatic rings. The highest BCUT2D eigenvalue weighted by Gasteiger charge is 2.41. The summed E-state index contributed by atoms with van der Waals surface area (Å²) in [4.78, 5) is 23.4. The number of aryl methyl sites for hydroxylation is 1. The number of hydrogen-bond donors (Lipinski definition) is 3. The molecule has 0 aromatic heterocycles. The Balaban J connectivity index is 1.90. The van der Waals surface area contributed by atoms with Gasteiger partial charge in [0.05, 0.1) is 17.2 Å². The molecule has 0 radical (unpaired) electrons. The van der Waals surface area contributed by atoms with Crippen LogP contribution < -0.4 is 5.32 Å². The number of rotatable bonds is 3. The molecule has 2 aliphatic rings. The minimum absolute atomic E-state index is 0.0379. The molecule has 4 rings (SSSR count). The molecule has 0 unspecified atom stereocenters. The highest BCUT2D eigenvalue weighted by atomic mass is 16.4. The molecule has 26 heavy (non-hydrogen) atoms. The van der Waals surface area contributed by atoms with Crippen molar-refractivity contribution < 1.29 is 19.8 Å². The number of benzene rings is 2. The summed E-state index contributed by atoms with van der Waals surface area (Å²) in [5, 5.41) is 22.7. The lowest BCUT2D eigenvalue weighted by Gasteiger charge is -2.39. The molecule has 5 heteroatoms. The SMILES string of the molecule is Cc1ccc(C(=O)O)c2c1N[C@H](c1ccccc1C(=O)O)[C@H]1CC=C[C@H]21. The zero-order valence-corrected chi connectivity index (χ0v) is 14.3. The predicted molar refractivity (Wildman–Crippen MR) is 97.9 cm³/mol. The molecule has 0 amide bonds. The van der Waals surface area contributed by atoms with E-state index in [1.165, 1.54) is 0 Å². The summed E-state index contributed by atoms with van der Waals surface area (Å²) < 4.78 is 0. The Morgan fingerprint density at radius 3 is 2.50 bits per heavy atom. The van der Waals surface area contributed by atoms with Crippen molar-refractivity contribution in [2.24, 2.45) is 5.92 Å². The van der Waals surface area contributed by atoms with Crippen LogP contribution in [0.3, 0.4) is 0 Å². The first-order valence-electron chi connectivity index (χ1n) is 8.61. The first kappa shape index (κ1) is 16.4. The molecular formula is C21H19NO4. The Labute approximate surface area is 151 Å². The Bertz CT molecular complexity index is 947. The van der Waals surface area contributed by atoms with Crippen molar-refractivity contribution >= 4 is 17.6 Å². The summed E-state index contributed by atoms with van der Waals surface area (Å²) in [5.41, 5.74) is 3.91. The summed E-state index contributed by atoms with van der Waals surface area (Å²) in [7, 11) is 0. The van der Waals surface area contributed by atoms with Crippen molar-refractivity contribution in [3.8, 4) is 0 Å². The van der Waals surface area contributed by atoms with Gasteiger partial charge >= 0.3 is 11.9 Å². The van der Waals surface area contributed by atoms with Crippen molar-refractivity contribution in [1.82, 2.24) is 0 Å². The van der Waals surface area contributed by atoms with Gasteiger partial charge < -0.3 is 15.5 Å². The molecule has 0 saturated heterocycles. The number of allylic oxidation sites excluding steroid dienone is 2. The third kappa shape index (κ3) is 2.39. The van der Waals surface area contributed by atoms with Crippen LogP contribution in [0.25, 0.3) is 0 Å². The van der Waals surface area contributed by atoms with Gasteiger partial charge in [-0.25, -0.2) is 9.59 Å². The van der Waals surface area contributed by atoms with E-state index >= 15 is 0 Å². The molecule has 0 spiro atoms. The zero-order chi connectivity index (χ0) is 18.4. The van der Waals surface area contributed by atoms with Gasteiger partial charge in [-0.3, -0.25) is 0 Å². The molecule has 3 N–H and O–H groups in total. The second kappa shape index (κ2) is 6.02. The van der Waals surface area contributed by atoms with Crippen LogP contribution in [-0.2, 0) is 0 Å². The van der Waals surface area contributed by atoms with Gasteiger partial charge in [0.1, 0.15) is 0 Å². The second-order valence-electron chi connectivity index (χ2n) is 6.89. The number of anilines is 1. The van der Waals surface area contributed by atoms with Crippen LogP contribution in [0, 0.1) is 12.8 Å². The highest BCUT2D eigenvalue weighted by molar-refractivity contribution is 5.93. The Morgan fingerprint density at radius 1 is 1.04 bits per heavy atom. The van der Waals surface area contributed by atoms with Crippen LogP contribution in [0.4, 0.5) is 5.69 Å². The van der Waals surface area contributed by atoms with Crippen molar-refractivity contribution in [2.75, 3.05) is 5.32 Å². The van der Waals surface area contributed by atoms with Gasteiger partial charge in [0, 0.05) is 11.6 Å². The predicted octanol–water partition coefficient (Wildman–Crippen LogP) is 4.22. The molecule has 1 heterocycles. The first-order chi connectivity index (χ1) is 12.5. The second-order valence-corrected chi connectivity index (χ2v) is 6.89. The fraction of sp³-hybridized carbons (Fsp3) is 0.238. The van der Waals surface area contributed by atoms with E-state index in [1.54, 1.807) is 24.3 Å². The lowest BCUT2D eigenvalue weighted by molar-refractivity contribution is 0.0685. The van der Waals surface area contributed by atoms with Crippen LogP contribution in [0.1, 0.15) is 55.8 Å². The molecule has 0 bridgehead atoms. The van der Waals surface area contributed by atoms with Gasteiger partial charge in [0.15, 0.2) is 0 Å². The Hall–Kier alpha value is -3.08. The van der Waals surface area contributed by atoms with Crippen molar-refractivity contribution in [1.29, 1.82) is 0 Å². The zero-order valence-electron chi connectivity index (χ0n) is 14.3. The third-order valence-electron chi connectivity index (χ3n) is 5.48. The average Bonchev–Trinajstić information content (AvgIpc) is 3.11. The van der Waals surface area contributed by atoms with Crippen LogP contribution in [0.5, 0.6) is 0 Å². The van der Waals surface area contributed by atoms with E-state index in [0.29, 0.717) is 5.56 Å². The lowest BCUT2D eigenvalue weighted by atomic mass is 9.74.